The molecule has 0 aliphatic carbocycles. The molecule has 1 spiro atoms. The van der Waals surface area contributed by atoms with Crippen molar-refractivity contribution in [3.05, 3.63) is 34.9 Å². The van der Waals surface area contributed by atoms with Gasteiger partial charge in [0.2, 0.25) is 0 Å². The van der Waals surface area contributed by atoms with Gasteiger partial charge in [0, 0.05) is 32.2 Å². The van der Waals surface area contributed by atoms with E-state index in [-0.39, 0.29) is 23.7 Å². The molecule has 5 nitrogen and oxygen atoms in total. The van der Waals surface area contributed by atoms with Crippen molar-refractivity contribution in [1.29, 1.82) is 0 Å². The largest absolute Gasteiger partial charge is 0.378 e. The molecule has 3 saturated heterocycles. The zero-order chi connectivity index (χ0) is 18.9. The van der Waals surface area contributed by atoms with Crippen LogP contribution in [-0.4, -0.2) is 48.9 Å². The van der Waals surface area contributed by atoms with E-state index in [1.165, 1.54) is 23.1 Å². The van der Waals surface area contributed by atoms with E-state index in [0.29, 0.717) is 13.2 Å². The molecule has 3 aliphatic rings. The summed E-state index contributed by atoms with van der Waals surface area (Å²) in [4.78, 5) is 15.3. The third kappa shape index (κ3) is 3.85. The van der Waals surface area contributed by atoms with Crippen molar-refractivity contribution in [1.82, 2.24) is 10.2 Å². The predicted molar refractivity (Wildman–Crippen MR) is 105 cm³/mol. The van der Waals surface area contributed by atoms with E-state index in [1.54, 1.807) is 0 Å². The number of nitrogens with one attached hydrogen (secondary N) is 1. The Hall–Kier alpha value is -1.59. The van der Waals surface area contributed by atoms with Gasteiger partial charge in [-0.05, 0) is 62.6 Å². The minimum absolute atomic E-state index is 0.0848. The van der Waals surface area contributed by atoms with Crippen molar-refractivity contribution >= 4 is 6.03 Å². The molecule has 3 heterocycles. The van der Waals surface area contributed by atoms with Crippen LogP contribution in [-0.2, 0) is 9.47 Å². The van der Waals surface area contributed by atoms with Crippen molar-refractivity contribution in [2.45, 2.75) is 70.1 Å². The van der Waals surface area contributed by atoms with Gasteiger partial charge in [-0.1, -0.05) is 18.2 Å². The van der Waals surface area contributed by atoms with Crippen LogP contribution in [0.2, 0.25) is 0 Å². The molecule has 3 aliphatic heterocycles. The van der Waals surface area contributed by atoms with Gasteiger partial charge in [0.1, 0.15) is 0 Å². The third-order valence-electron chi connectivity index (χ3n) is 6.66. The zero-order valence-corrected chi connectivity index (χ0v) is 16.6. The summed E-state index contributed by atoms with van der Waals surface area (Å²) < 4.78 is 11.6. The van der Waals surface area contributed by atoms with E-state index in [4.69, 9.17) is 9.47 Å². The fraction of sp³-hybridized carbons (Fsp3) is 0.682. The van der Waals surface area contributed by atoms with Gasteiger partial charge in [0.25, 0.3) is 0 Å². The lowest BCUT2D eigenvalue weighted by Crippen LogP contribution is -2.53. The zero-order valence-electron chi connectivity index (χ0n) is 16.6. The number of nitrogens with zero attached hydrogens (tertiary/aromatic N) is 1. The highest BCUT2D eigenvalue weighted by Gasteiger charge is 2.42. The Labute approximate surface area is 162 Å². The van der Waals surface area contributed by atoms with Gasteiger partial charge in [-0.2, -0.15) is 0 Å². The van der Waals surface area contributed by atoms with Crippen molar-refractivity contribution in [3.8, 4) is 0 Å². The number of carbonyl (C=O) groups excluding carboxylic acids is 1. The number of hydrogen-bond acceptors (Lipinski definition) is 3. The maximum atomic E-state index is 13.2. The van der Waals surface area contributed by atoms with Gasteiger partial charge in [-0.3, -0.25) is 0 Å². The molecular formula is C22H32N2O3. The average Bonchev–Trinajstić information content (AvgIpc) is 3.11. The average molecular weight is 373 g/mol. The van der Waals surface area contributed by atoms with Gasteiger partial charge in [-0.15, -0.1) is 0 Å². The SMILES string of the molecule is Cc1cccc(C2CCCCN2C(=O)NC2CCOC3(CCOC3)C2)c1C. The standard InChI is InChI=1S/C22H32N2O3/c1-16-6-5-7-19(17(16)2)20-8-3-4-11-24(20)21(25)23-18-9-12-27-22(14-18)10-13-26-15-22/h5-7,18,20H,3-4,8-15H2,1-2H3,(H,23,25). The Morgan fingerprint density at radius 3 is 2.93 bits per heavy atom. The molecule has 1 aromatic carbocycles. The number of hydrogen-bond donors (Lipinski definition) is 1. The van der Waals surface area contributed by atoms with E-state index in [2.05, 4.69) is 42.3 Å². The van der Waals surface area contributed by atoms with Gasteiger partial charge in [0.15, 0.2) is 0 Å². The Bertz CT molecular complexity index is 684. The molecule has 0 radical (unpaired) electrons. The first-order chi connectivity index (χ1) is 13.1. The smallest absolute Gasteiger partial charge is 0.318 e. The first-order valence-corrected chi connectivity index (χ1v) is 10.4. The van der Waals surface area contributed by atoms with Crippen molar-refractivity contribution in [2.24, 2.45) is 0 Å². The van der Waals surface area contributed by atoms with Crippen LogP contribution in [0.1, 0.15) is 61.3 Å². The number of likely N-dealkylation sites (tertiary alicyclic amines) is 1. The van der Waals surface area contributed by atoms with E-state index >= 15 is 0 Å². The minimum atomic E-state index is -0.176. The molecule has 4 rings (SSSR count). The summed E-state index contributed by atoms with van der Waals surface area (Å²) >= 11 is 0. The van der Waals surface area contributed by atoms with Crippen molar-refractivity contribution in [3.63, 3.8) is 0 Å². The molecule has 2 amide bonds. The maximum Gasteiger partial charge on any atom is 0.318 e. The van der Waals surface area contributed by atoms with E-state index in [9.17, 15) is 4.79 Å². The highest BCUT2D eigenvalue weighted by Crippen LogP contribution is 2.35. The molecule has 3 atom stereocenters. The number of amides is 2. The van der Waals surface area contributed by atoms with E-state index in [0.717, 1.165) is 45.3 Å². The first kappa shape index (κ1) is 18.8. The number of benzene rings is 1. The highest BCUT2D eigenvalue weighted by molar-refractivity contribution is 5.75. The summed E-state index contributed by atoms with van der Waals surface area (Å²) in [5, 5.41) is 3.33. The second-order valence-electron chi connectivity index (χ2n) is 8.47. The van der Waals surface area contributed by atoms with Crippen LogP contribution in [0.15, 0.2) is 18.2 Å². The molecule has 3 unspecified atom stereocenters. The molecule has 0 bridgehead atoms. The van der Waals surface area contributed by atoms with E-state index < -0.39 is 0 Å². The summed E-state index contributed by atoms with van der Waals surface area (Å²) in [7, 11) is 0. The number of piperidine rings is 1. The molecule has 5 heteroatoms. The lowest BCUT2D eigenvalue weighted by atomic mass is 9.89. The van der Waals surface area contributed by atoms with Gasteiger partial charge >= 0.3 is 6.03 Å². The maximum absolute atomic E-state index is 13.2. The van der Waals surface area contributed by atoms with Crippen molar-refractivity contribution in [2.75, 3.05) is 26.4 Å². The lowest BCUT2D eigenvalue weighted by molar-refractivity contribution is -0.0882. The number of aryl methyl sites for hydroxylation is 1. The van der Waals surface area contributed by atoms with Crippen LogP contribution >= 0.6 is 0 Å². The van der Waals surface area contributed by atoms with Crippen molar-refractivity contribution < 1.29 is 14.3 Å². The van der Waals surface area contributed by atoms with Gasteiger partial charge in [-0.25, -0.2) is 4.79 Å². The van der Waals surface area contributed by atoms with Gasteiger partial charge < -0.3 is 19.7 Å². The summed E-state index contributed by atoms with van der Waals surface area (Å²) in [5.41, 5.74) is 3.74. The molecule has 27 heavy (non-hydrogen) atoms. The fourth-order valence-electron chi connectivity index (χ4n) is 4.90. The topological polar surface area (TPSA) is 50.8 Å². The van der Waals surface area contributed by atoms with Crippen LogP contribution in [0, 0.1) is 13.8 Å². The molecule has 0 aromatic heterocycles. The Morgan fingerprint density at radius 2 is 2.11 bits per heavy atom. The van der Waals surface area contributed by atoms with Crippen LogP contribution in [0.25, 0.3) is 0 Å². The van der Waals surface area contributed by atoms with Crippen LogP contribution in [0.4, 0.5) is 4.79 Å². The Morgan fingerprint density at radius 1 is 1.22 bits per heavy atom. The number of ether oxygens (including phenoxy) is 2. The lowest BCUT2D eigenvalue weighted by Gasteiger charge is -2.41. The van der Waals surface area contributed by atoms with Gasteiger partial charge in [0.05, 0.1) is 18.2 Å². The molecule has 0 saturated carbocycles. The molecule has 148 valence electrons. The Kier molecular flexibility index (Phi) is 5.42. The Balaban J connectivity index is 1.47. The van der Waals surface area contributed by atoms with E-state index in [1.807, 2.05) is 0 Å². The normalized spacial score (nSPS) is 31.3. The second-order valence-corrected chi connectivity index (χ2v) is 8.47. The summed E-state index contributed by atoms with van der Waals surface area (Å²) in [6.07, 6.45) is 5.99. The number of rotatable bonds is 2. The third-order valence-corrected chi connectivity index (χ3v) is 6.66. The summed E-state index contributed by atoms with van der Waals surface area (Å²) in [6, 6.07) is 6.90. The number of carbonyl (C=O) groups is 1. The monoisotopic (exact) mass is 372 g/mol. The summed E-state index contributed by atoms with van der Waals surface area (Å²) in [6.45, 7) is 7.29. The highest BCUT2D eigenvalue weighted by atomic mass is 16.6. The molecule has 1 N–H and O–H groups in total. The van der Waals surface area contributed by atoms with Crippen LogP contribution < -0.4 is 5.32 Å². The van der Waals surface area contributed by atoms with Crippen LogP contribution in [0.5, 0.6) is 0 Å². The minimum Gasteiger partial charge on any atom is -0.378 e. The molecule has 3 fully saturated rings. The van der Waals surface area contributed by atoms with Crippen LogP contribution in [0.3, 0.4) is 0 Å². The fourth-order valence-corrected chi connectivity index (χ4v) is 4.90. The molecule has 1 aromatic rings. The second kappa shape index (κ2) is 7.80. The molecular weight excluding hydrogens is 340 g/mol. The predicted octanol–water partition coefficient (Wildman–Crippen LogP) is 3.88. The first-order valence-electron chi connectivity index (χ1n) is 10.4. The summed E-state index contributed by atoms with van der Waals surface area (Å²) in [5.74, 6) is 0. The quantitative estimate of drug-likeness (QED) is 0.857. The number of urea groups is 1.